The second-order valence-electron chi connectivity index (χ2n) is 4.03. The molecule has 2 aromatic rings. The highest BCUT2D eigenvalue weighted by atomic mass is 16.5. The Kier molecular flexibility index (Phi) is 3.79. The molecule has 1 aromatic carbocycles. The summed E-state index contributed by atoms with van der Waals surface area (Å²) in [6.45, 7) is 2.47. The van der Waals surface area contributed by atoms with Crippen molar-refractivity contribution in [3.05, 3.63) is 47.7 Å². The quantitative estimate of drug-likeness (QED) is 0.898. The van der Waals surface area contributed by atoms with E-state index in [4.69, 9.17) is 15.2 Å². The molecule has 1 heterocycles. The Morgan fingerprint density at radius 1 is 1.28 bits per heavy atom. The van der Waals surface area contributed by atoms with Crippen molar-refractivity contribution < 1.29 is 9.47 Å². The number of nitrogens with zero attached hydrogens (tertiary/aromatic N) is 1. The molecule has 2 rings (SSSR count). The molecule has 0 saturated carbocycles. The smallest absolute Gasteiger partial charge is 0.242 e. The van der Waals surface area contributed by atoms with Crippen LogP contribution < -0.4 is 10.5 Å². The summed E-state index contributed by atoms with van der Waals surface area (Å²) in [6.07, 6.45) is 1.68. The van der Waals surface area contributed by atoms with E-state index < -0.39 is 0 Å². The molecule has 0 unspecified atom stereocenters. The van der Waals surface area contributed by atoms with Crippen molar-refractivity contribution in [1.29, 1.82) is 0 Å². The van der Waals surface area contributed by atoms with Crippen molar-refractivity contribution in [1.82, 2.24) is 4.98 Å². The second-order valence-corrected chi connectivity index (χ2v) is 4.03. The molecular weight excluding hydrogens is 228 g/mol. The lowest BCUT2D eigenvalue weighted by Gasteiger charge is -2.09. The first-order valence-corrected chi connectivity index (χ1v) is 5.67. The van der Waals surface area contributed by atoms with Crippen molar-refractivity contribution >= 4 is 5.69 Å². The number of benzene rings is 1. The number of ether oxygens (including phenoxy) is 2. The molecular formula is C14H16N2O2. The number of methoxy groups -OCH3 is 1. The molecule has 0 aliphatic carbocycles. The van der Waals surface area contributed by atoms with Gasteiger partial charge in [0.2, 0.25) is 5.88 Å². The predicted octanol–water partition coefficient (Wildman–Crippen LogP) is 2.91. The molecule has 0 saturated heterocycles. The first-order valence-electron chi connectivity index (χ1n) is 5.67. The molecule has 1 aromatic heterocycles. The third-order valence-electron chi connectivity index (χ3n) is 2.60. The van der Waals surface area contributed by atoms with Crippen LogP contribution in [-0.4, -0.2) is 12.1 Å². The van der Waals surface area contributed by atoms with Crippen molar-refractivity contribution in [2.45, 2.75) is 13.5 Å². The first-order chi connectivity index (χ1) is 8.70. The van der Waals surface area contributed by atoms with E-state index in [9.17, 15) is 0 Å². The topological polar surface area (TPSA) is 57.4 Å². The Balaban J connectivity index is 2.23. The van der Waals surface area contributed by atoms with Gasteiger partial charge in [0.25, 0.3) is 0 Å². The number of hydrogen-bond donors (Lipinski definition) is 1. The monoisotopic (exact) mass is 244 g/mol. The first kappa shape index (κ1) is 12.4. The fraction of sp³-hybridized carbons (Fsp3) is 0.214. The van der Waals surface area contributed by atoms with E-state index in [1.165, 1.54) is 0 Å². The SMILES string of the molecule is COCc1cccc(Oc2nccc(C)c2N)c1. The standard InChI is InChI=1S/C14H16N2O2/c1-10-6-7-16-14(13(10)15)18-12-5-3-4-11(8-12)9-17-2/h3-8H,9,15H2,1-2H3. The molecule has 2 N–H and O–H groups in total. The van der Waals surface area contributed by atoms with E-state index in [0.717, 1.165) is 11.1 Å². The lowest BCUT2D eigenvalue weighted by molar-refractivity contribution is 0.184. The van der Waals surface area contributed by atoms with Crippen LogP contribution in [0.4, 0.5) is 5.69 Å². The lowest BCUT2D eigenvalue weighted by Crippen LogP contribution is -1.97. The normalized spacial score (nSPS) is 10.3. The van der Waals surface area contributed by atoms with Crippen LogP contribution in [0.2, 0.25) is 0 Å². The second kappa shape index (κ2) is 5.51. The molecule has 0 aliphatic heterocycles. The number of hydrogen-bond acceptors (Lipinski definition) is 4. The largest absolute Gasteiger partial charge is 0.437 e. The Morgan fingerprint density at radius 3 is 2.89 bits per heavy atom. The van der Waals surface area contributed by atoms with Gasteiger partial charge in [-0.3, -0.25) is 0 Å². The number of rotatable bonds is 4. The van der Waals surface area contributed by atoms with Gasteiger partial charge in [0.05, 0.1) is 12.3 Å². The summed E-state index contributed by atoms with van der Waals surface area (Å²) in [5.41, 5.74) is 8.47. The van der Waals surface area contributed by atoms with Crippen molar-refractivity contribution in [2.75, 3.05) is 12.8 Å². The average molecular weight is 244 g/mol. The third-order valence-corrected chi connectivity index (χ3v) is 2.60. The van der Waals surface area contributed by atoms with Gasteiger partial charge in [-0.25, -0.2) is 4.98 Å². The zero-order chi connectivity index (χ0) is 13.0. The number of pyridine rings is 1. The number of aryl methyl sites for hydroxylation is 1. The lowest BCUT2D eigenvalue weighted by atomic mass is 10.2. The summed E-state index contributed by atoms with van der Waals surface area (Å²) in [5.74, 6) is 1.14. The highest BCUT2D eigenvalue weighted by Gasteiger charge is 2.06. The number of nitrogen functional groups attached to an aromatic ring is 1. The highest BCUT2D eigenvalue weighted by molar-refractivity contribution is 5.55. The van der Waals surface area contributed by atoms with Crippen LogP contribution in [0.5, 0.6) is 11.6 Å². The molecule has 0 amide bonds. The maximum atomic E-state index is 5.91. The van der Waals surface area contributed by atoms with E-state index >= 15 is 0 Å². The summed E-state index contributed by atoms with van der Waals surface area (Å²) < 4.78 is 10.8. The molecule has 94 valence electrons. The van der Waals surface area contributed by atoms with E-state index in [1.54, 1.807) is 13.3 Å². The predicted molar refractivity (Wildman–Crippen MR) is 70.6 cm³/mol. The van der Waals surface area contributed by atoms with Crippen LogP contribution >= 0.6 is 0 Å². The Hall–Kier alpha value is -2.07. The van der Waals surface area contributed by atoms with Crippen LogP contribution in [-0.2, 0) is 11.3 Å². The number of anilines is 1. The van der Waals surface area contributed by atoms with Crippen molar-refractivity contribution in [3.63, 3.8) is 0 Å². The molecule has 0 spiro atoms. The van der Waals surface area contributed by atoms with Gasteiger partial charge in [0.15, 0.2) is 0 Å². The number of nitrogens with two attached hydrogens (primary N) is 1. The van der Waals surface area contributed by atoms with Gasteiger partial charge in [0.1, 0.15) is 5.75 Å². The summed E-state index contributed by atoms with van der Waals surface area (Å²) in [4.78, 5) is 4.13. The Morgan fingerprint density at radius 2 is 2.11 bits per heavy atom. The van der Waals surface area contributed by atoms with Gasteiger partial charge in [0, 0.05) is 13.3 Å². The summed E-state index contributed by atoms with van der Waals surface area (Å²) in [7, 11) is 1.66. The van der Waals surface area contributed by atoms with Crippen LogP contribution in [0.1, 0.15) is 11.1 Å². The van der Waals surface area contributed by atoms with E-state index in [-0.39, 0.29) is 0 Å². The molecule has 0 bridgehead atoms. The summed E-state index contributed by atoms with van der Waals surface area (Å²) >= 11 is 0. The molecule has 0 aliphatic rings. The average Bonchev–Trinajstić information content (AvgIpc) is 2.36. The zero-order valence-corrected chi connectivity index (χ0v) is 10.5. The van der Waals surface area contributed by atoms with Crippen LogP contribution in [0.15, 0.2) is 36.5 Å². The van der Waals surface area contributed by atoms with Gasteiger partial charge in [-0.15, -0.1) is 0 Å². The third kappa shape index (κ3) is 2.78. The molecule has 0 atom stereocenters. The minimum Gasteiger partial charge on any atom is -0.437 e. The van der Waals surface area contributed by atoms with Crippen molar-refractivity contribution in [3.8, 4) is 11.6 Å². The molecule has 4 heteroatoms. The molecule has 0 radical (unpaired) electrons. The minimum atomic E-state index is 0.435. The molecule has 4 nitrogen and oxygen atoms in total. The molecule has 18 heavy (non-hydrogen) atoms. The van der Waals surface area contributed by atoms with E-state index in [0.29, 0.717) is 23.9 Å². The van der Waals surface area contributed by atoms with Gasteiger partial charge < -0.3 is 15.2 Å². The zero-order valence-electron chi connectivity index (χ0n) is 10.5. The van der Waals surface area contributed by atoms with E-state index in [1.807, 2.05) is 37.3 Å². The van der Waals surface area contributed by atoms with Crippen LogP contribution in [0.25, 0.3) is 0 Å². The van der Waals surface area contributed by atoms with E-state index in [2.05, 4.69) is 4.98 Å². The summed E-state index contributed by atoms with van der Waals surface area (Å²) in [5, 5.41) is 0. The van der Waals surface area contributed by atoms with Gasteiger partial charge in [-0.05, 0) is 36.2 Å². The maximum Gasteiger partial charge on any atom is 0.242 e. The Bertz CT molecular complexity index is 541. The summed E-state index contributed by atoms with van der Waals surface area (Å²) in [6, 6.07) is 9.51. The number of aromatic nitrogens is 1. The van der Waals surface area contributed by atoms with Gasteiger partial charge in [-0.2, -0.15) is 0 Å². The minimum absolute atomic E-state index is 0.435. The van der Waals surface area contributed by atoms with Crippen LogP contribution in [0, 0.1) is 6.92 Å². The van der Waals surface area contributed by atoms with Gasteiger partial charge >= 0.3 is 0 Å². The van der Waals surface area contributed by atoms with Crippen LogP contribution in [0.3, 0.4) is 0 Å². The highest BCUT2D eigenvalue weighted by Crippen LogP contribution is 2.27. The fourth-order valence-corrected chi connectivity index (χ4v) is 1.60. The molecule has 0 fully saturated rings. The maximum absolute atomic E-state index is 5.91. The van der Waals surface area contributed by atoms with Gasteiger partial charge in [-0.1, -0.05) is 12.1 Å². The van der Waals surface area contributed by atoms with Crippen molar-refractivity contribution in [2.24, 2.45) is 0 Å². The fourth-order valence-electron chi connectivity index (χ4n) is 1.60. The Labute approximate surface area is 106 Å².